The van der Waals surface area contributed by atoms with E-state index in [1.165, 1.54) is 10.6 Å². The lowest BCUT2D eigenvalue weighted by Crippen LogP contribution is -2.41. The molecule has 0 spiro atoms. The largest absolute Gasteiger partial charge is 0.340 e. The van der Waals surface area contributed by atoms with Crippen molar-refractivity contribution in [1.82, 2.24) is 10.3 Å². The molecule has 26 heavy (non-hydrogen) atoms. The van der Waals surface area contributed by atoms with Gasteiger partial charge in [0.1, 0.15) is 0 Å². The normalized spacial score (nSPS) is 16.6. The van der Waals surface area contributed by atoms with Crippen LogP contribution >= 0.6 is 11.6 Å². The Kier molecular flexibility index (Phi) is 5.05. The lowest BCUT2D eigenvalue weighted by molar-refractivity contribution is 0.184. The van der Waals surface area contributed by atoms with Crippen LogP contribution in [0.1, 0.15) is 40.3 Å². The first kappa shape index (κ1) is 18.5. The van der Waals surface area contributed by atoms with Crippen molar-refractivity contribution in [3.8, 4) is 0 Å². The third-order valence-corrected chi connectivity index (χ3v) is 5.51. The number of aryl methyl sites for hydroxylation is 2. The van der Waals surface area contributed by atoms with E-state index in [-0.39, 0.29) is 12.1 Å². The minimum Gasteiger partial charge on any atom is -0.340 e. The number of carbonyl (C=O) groups excluding carboxylic acids is 1. The number of hydrogen-bond acceptors (Lipinski definition) is 2. The topological polar surface area (TPSA) is 44.7 Å². The van der Waals surface area contributed by atoms with E-state index < -0.39 is 0 Å². The molecule has 1 aliphatic rings. The van der Waals surface area contributed by atoms with Crippen LogP contribution in [-0.2, 0) is 6.42 Å². The maximum absolute atomic E-state index is 12.4. The van der Waals surface area contributed by atoms with Crippen molar-refractivity contribution in [2.75, 3.05) is 7.05 Å². The zero-order valence-electron chi connectivity index (χ0n) is 15.9. The first-order valence-corrected chi connectivity index (χ1v) is 9.16. The summed E-state index contributed by atoms with van der Waals surface area (Å²) < 4.78 is 0. The van der Waals surface area contributed by atoms with Crippen LogP contribution in [-0.4, -0.2) is 29.8 Å². The minimum atomic E-state index is -0.223. The molecule has 1 heterocycles. The molecule has 2 aromatic carbocycles. The molecule has 1 unspecified atom stereocenters. The molecule has 0 saturated carbocycles. The number of rotatable bonds is 1. The molecule has 0 aliphatic carbocycles. The van der Waals surface area contributed by atoms with Crippen LogP contribution in [0.4, 0.5) is 4.79 Å². The second-order valence-corrected chi connectivity index (χ2v) is 7.30. The minimum absolute atomic E-state index is 0.101. The van der Waals surface area contributed by atoms with Crippen molar-refractivity contribution in [1.29, 1.82) is 0 Å². The second-order valence-electron chi connectivity index (χ2n) is 6.93. The number of carbonyl (C=O) groups is 1. The zero-order chi connectivity index (χ0) is 19.0. The van der Waals surface area contributed by atoms with Crippen LogP contribution in [0.5, 0.6) is 0 Å². The summed E-state index contributed by atoms with van der Waals surface area (Å²) in [7, 11) is 1.62. The molecule has 0 bridgehead atoms. The fourth-order valence-electron chi connectivity index (χ4n) is 3.27. The van der Waals surface area contributed by atoms with Crippen molar-refractivity contribution in [3.63, 3.8) is 0 Å². The van der Waals surface area contributed by atoms with E-state index in [1.54, 1.807) is 7.05 Å². The summed E-state index contributed by atoms with van der Waals surface area (Å²) in [5.74, 6) is 0. The van der Waals surface area contributed by atoms with E-state index in [4.69, 9.17) is 16.7 Å². The Morgan fingerprint density at radius 1 is 1.23 bits per heavy atom. The number of halogens is 1. The number of hydrazone groups is 1. The van der Waals surface area contributed by atoms with Crippen LogP contribution in [0, 0.1) is 20.8 Å². The molecule has 2 amide bonds. The molecule has 5 heteroatoms. The van der Waals surface area contributed by atoms with Gasteiger partial charge in [0.05, 0.1) is 11.8 Å². The number of benzene rings is 2. The van der Waals surface area contributed by atoms with Gasteiger partial charge in [-0.3, -0.25) is 0 Å². The third kappa shape index (κ3) is 3.21. The van der Waals surface area contributed by atoms with Crippen molar-refractivity contribution in [2.24, 2.45) is 5.10 Å². The molecule has 0 saturated heterocycles. The van der Waals surface area contributed by atoms with Gasteiger partial charge >= 0.3 is 6.03 Å². The summed E-state index contributed by atoms with van der Waals surface area (Å²) in [5.41, 5.74) is 7.17. The number of urea groups is 1. The molecule has 4 nitrogen and oxygen atoms in total. The first-order valence-electron chi connectivity index (χ1n) is 8.79. The molecular formula is C21H24ClN3O. The average molecular weight is 370 g/mol. The van der Waals surface area contributed by atoms with E-state index in [0.29, 0.717) is 6.42 Å². The number of fused-ring (bicyclic) bond motifs is 1. The molecule has 0 radical (unpaired) electrons. The quantitative estimate of drug-likeness (QED) is 0.784. The van der Waals surface area contributed by atoms with Gasteiger partial charge in [-0.15, -0.1) is 0 Å². The van der Waals surface area contributed by atoms with Gasteiger partial charge in [-0.2, -0.15) is 5.10 Å². The predicted molar refractivity (Wildman–Crippen MR) is 107 cm³/mol. The van der Waals surface area contributed by atoms with Gasteiger partial charge in [-0.25, -0.2) is 9.80 Å². The number of hydrogen-bond donors (Lipinski definition) is 1. The number of nitrogens with zero attached hydrogens (tertiary/aromatic N) is 2. The van der Waals surface area contributed by atoms with Gasteiger partial charge in [0, 0.05) is 23.2 Å². The van der Waals surface area contributed by atoms with E-state index in [0.717, 1.165) is 38.6 Å². The molecule has 136 valence electrons. The van der Waals surface area contributed by atoms with Gasteiger partial charge in [0.15, 0.2) is 0 Å². The van der Waals surface area contributed by atoms with Crippen molar-refractivity contribution >= 4 is 23.3 Å². The van der Waals surface area contributed by atoms with Gasteiger partial charge in [0.25, 0.3) is 0 Å². The summed E-state index contributed by atoms with van der Waals surface area (Å²) in [6, 6.07) is 10.0. The molecule has 2 aromatic rings. The van der Waals surface area contributed by atoms with E-state index >= 15 is 0 Å². The Morgan fingerprint density at radius 2 is 1.88 bits per heavy atom. The maximum Gasteiger partial charge on any atom is 0.337 e. The standard InChI is InChI=1S/C21H24ClN3O/c1-12-6-8-16(9-7-12)20-18-10-13(2)15(4)19(22)17(18)11-14(3)25(24-20)21(26)23-5/h6-10,14H,11H2,1-5H3,(H,23,26). The Morgan fingerprint density at radius 3 is 2.50 bits per heavy atom. The number of nitrogens with one attached hydrogen (secondary N) is 1. The van der Waals surface area contributed by atoms with Crippen molar-refractivity contribution in [3.05, 3.63) is 68.7 Å². The Hall–Kier alpha value is -2.33. The van der Waals surface area contributed by atoms with Gasteiger partial charge in [-0.05, 0) is 56.9 Å². The van der Waals surface area contributed by atoms with Gasteiger partial charge in [0.2, 0.25) is 0 Å². The summed E-state index contributed by atoms with van der Waals surface area (Å²) in [5, 5.41) is 9.74. The fraction of sp³-hybridized carbons (Fsp3) is 0.333. The third-order valence-electron chi connectivity index (χ3n) is 5.00. The molecule has 0 fully saturated rings. The van der Waals surface area contributed by atoms with Crippen molar-refractivity contribution in [2.45, 2.75) is 40.2 Å². The molecule has 1 atom stereocenters. The van der Waals surface area contributed by atoms with Gasteiger partial charge in [-0.1, -0.05) is 41.4 Å². The first-order chi connectivity index (χ1) is 12.3. The Labute approximate surface area is 159 Å². The maximum atomic E-state index is 12.4. The lowest BCUT2D eigenvalue weighted by Gasteiger charge is -2.22. The SMILES string of the molecule is CNC(=O)N1N=C(c2ccc(C)cc2)c2cc(C)c(C)c(Cl)c2CC1C. The monoisotopic (exact) mass is 369 g/mol. The second kappa shape index (κ2) is 7.12. The highest BCUT2D eigenvalue weighted by molar-refractivity contribution is 6.33. The molecular weight excluding hydrogens is 346 g/mol. The van der Waals surface area contributed by atoms with Crippen LogP contribution in [0.2, 0.25) is 5.02 Å². The molecule has 1 aliphatic heterocycles. The lowest BCUT2D eigenvalue weighted by atomic mass is 9.90. The molecule has 3 rings (SSSR count). The van der Waals surface area contributed by atoms with Crippen molar-refractivity contribution < 1.29 is 4.79 Å². The highest BCUT2D eigenvalue weighted by atomic mass is 35.5. The summed E-state index contributed by atoms with van der Waals surface area (Å²) in [4.78, 5) is 12.4. The van der Waals surface area contributed by atoms with Gasteiger partial charge < -0.3 is 5.32 Å². The van der Waals surface area contributed by atoms with Crippen LogP contribution in [0.3, 0.4) is 0 Å². The molecule has 0 aromatic heterocycles. The summed E-state index contributed by atoms with van der Waals surface area (Å²) in [6.45, 7) is 8.13. The van der Waals surface area contributed by atoms with E-state index in [2.05, 4.69) is 37.4 Å². The smallest absolute Gasteiger partial charge is 0.337 e. The fourth-order valence-corrected chi connectivity index (χ4v) is 3.60. The average Bonchev–Trinajstić information content (AvgIpc) is 2.77. The number of amides is 2. The predicted octanol–water partition coefficient (Wildman–Crippen LogP) is 4.60. The Bertz CT molecular complexity index is 887. The Balaban J connectivity index is 2.28. The summed E-state index contributed by atoms with van der Waals surface area (Å²) >= 11 is 6.72. The highest BCUT2D eigenvalue weighted by Gasteiger charge is 2.29. The van der Waals surface area contributed by atoms with E-state index in [1.807, 2.05) is 26.0 Å². The van der Waals surface area contributed by atoms with Crippen LogP contribution in [0.25, 0.3) is 0 Å². The zero-order valence-corrected chi connectivity index (χ0v) is 16.6. The van der Waals surface area contributed by atoms with E-state index in [9.17, 15) is 4.79 Å². The highest BCUT2D eigenvalue weighted by Crippen LogP contribution is 2.33. The van der Waals surface area contributed by atoms with Crippen LogP contribution in [0.15, 0.2) is 35.4 Å². The molecule has 1 N–H and O–H groups in total. The summed E-state index contributed by atoms with van der Waals surface area (Å²) in [6.07, 6.45) is 0.654. The van der Waals surface area contributed by atoms with Crippen LogP contribution < -0.4 is 5.32 Å².